The third kappa shape index (κ3) is 1.17. The van der Waals surface area contributed by atoms with Gasteiger partial charge in [-0.15, -0.1) is 0 Å². The molecule has 0 aromatic rings. The van der Waals surface area contributed by atoms with Gasteiger partial charge in [0, 0.05) is 5.92 Å². The molecule has 2 bridgehead atoms. The van der Waals surface area contributed by atoms with E-state index in [-0.39, 0.29) is 11.8 Å². The van der Waals surface area contributed by atoms with Crippen LogP contribution in [0.15, 0.2) is 24.3 Å². The third-order valence-corrected chi connectivity index (χ3v) is 2.87. The van der Waals surface area contributed by atoms with E-state index in [0.29, 0.717) is 11.8 Å². The molecule has 0 aliphatic heterocycles. The number of nitrogens with two attached hydrogens (primary N) is 1. The minimum atomic E-state index is -0.137. The summed E-state index contributed by atoms with van der Waals surface area (Å²) in [5, 5.41) is 0. The molecule has 1 amide bonds. The van der Waals surface area contributed by atoms with Crippen LogP contribution in [-0.2, 0) is 4.79 Å². The average Bonchev–Trinajstić information content (AvgIpc) is 2.23. The lowest BCUT2D eigenvalue weighted by Crippen LogP contribution is -2.25. The molecule has 2 nitrogen and oxygen atoms in total. The zero-order chi connectivity index (χ0) is 8.55. The molecule has 2 aliphatic carbocycles. The van der Waals surface area contributed by atoms with Crippen LogP contribution >= 0.6 is 0 Å². The van der Waals surface area contributed by atoms with Crippen LogP contribution in [0.4, 0.5) is 0 Å². The number of fused-ring (bicyclic) bond motifs is 2. The summed E-state index contributed by atoms with van der Waals surface area (Å²) in [5.74, 6) is 0.906. The fourth-order valence-electron chi connectivity index (χ4n) is 2.24. The van der Waals surface area contributed by atoms with Gasteiger partial charge in [-0.05, 0) is 24.7 Å². The molecule has 0 radical (unpaired) electrons. The Kier molecular flexibility index (Phi) is 1.75. The molecule has 12 heavy (non-hydrogen) atoms. The van der Waals surface area contributed by atoms with Crippen molar-refractivity contribution in [3.8, 4) is 0 Å². The topological polar surface area (TPSA) is 43.1 Å². The van der Waals surface area contributed by atoms with Gasteiger partial charge in [0.1, 0.15) is 0 Å². The summed E-state index contributed by atoms with van der Waals surface area (Å²) in [5.41, 5.74) is 5.31. The van der Waals surface area contributed by atoms with Crippen molar-refractivity contribution in [1.82, 2.24) is 0 Å². The number of carbonyl (C=O) groups is 1. The largest absolute Gasteiger partial charge is 0.369 e. The molecule has 0 heterocycles. The van der Waals surface area contributed by atoms with E-state index in [1.54, 1.807) is 0 Å². The predicted octanol–water partition coefficient (Wildman–Crippen LogP) is 1.24. The molecule has 0 spiro atoms. The Bertz CT molecular complexity index is 255. The van der Waals surface area contributed by atoms with Crippen molar-refractivity contribution in [3.63, 3.8) is 0 Å². The molecule has 1 fully saturated rings. The van der Waals surface area contributed by atoms with Gasteiger partial charge in [0.2, 0.25) is 5.91 Å². The van der Waals surface area contributed by atoms with E-state index >= 15 is 0 Å². The lowest BCUT2D eigenvalue weighted by atomic mass is 9.95. The van der Waals surface area contributed by atoms with Crippen LogP contribution in [0.5, 0.6) is 0 Å². The number of rotatable bonds is 1. The summed E-state index contributed by atoms with van der Waals surface area (Å²) >= 11 is 0. The van der Waals surface area contributed by atoms with E-state index in [9.17, 15) is 4.79 Å². The monoisotopic (exact) mass is 163 g/mol. The first-order valence-corrected chi connectivity index (χ1v) is 4.41. The summed E-state index contributed by atoms with van der Waals surface area (Å²) in [6.45, 7) is 0. The second kappa shape index (κ2) is 2.77. The smallest absolute Gasteiger partial charge is 0.221 e. The Balaban J connectivity index is 2.19. The van der Waals surface area contributed by atoms with Crippen LogP contribution in [0, 0.1) is 17.8 Å². The first kappa shape index (κ1) is 7.59. The SMILES string of the molecule is NC(=O)[C@H]1C[C@H]2C=CC=C[C@H]1C2. The molecule has 2 aliphatic rings. The highest BCUT2D eigenvalue weighted by Gasteiger charge is 2.35. The van der Waals surface area contributed by atoms with Crippen LogP contribution in [0.25, 0.3) is 0 Å². The summed E-state index contributed by atoms with van der Waals surface area (Å²) in [6, 6.07) is 0. The number of hydrogen-bond acceptors (Lipinski definition) is 1. The van der Waals surface area contributed by atoms with Crippen LogP contribution in [0.3, 0.4) is 0 Å². The average molecular weight is 163 g/mol. The van der Waals surface area contributed by atoms with E-state index in [0.717, 1.165) is 12.8 Å². The van der Waals surface area contributed by atoms with Crippen molar-refractivity contribution < 1.29 is 4.79 Å². The van der Waals surface area contributed by atoms with Crippen molar-refractivity contribution in [2.24, 2.45) is 23.5 Å². The Morgan fingerprint density at radius 1 is 1.25 bits per heavy atom. The molecule has 1 saturated carbocycles. The predicted molar refractivity (Wildman–Crippen MR) is 47.2 cm³/mol. The van der Waals surface area contributed by atoms with E-state index in [4.69, 9.17) is 5.73 Å². The molecule has 0 aromatic carbocycles. The maximum Gasteiger partial charge on any atom is 0.221 e. The van der Waals surface area contributed by atoms with Gasteiger partial charge in [0.15, 0.2) is 0 Å². The summed E-state index contributed by atoms with van der Waals surface area (Å²) < 4.78 is 0. The highest BCUT2D eigenvalue weighted by atomic mass is 16.1. The summed E-state index contributed by atoms with van der Waals surface area (Å²) in [6.07, 6.45) is 10.4. The zero-order valence-electron chi connectivity index (χ0n) is 6.94. The zero-order valence-corrected chi connectivity index (χ0v) is 6.94. The first-order chi connectivity index (χ1) is 5.77. The van der Waals surface area contributed by atoms with E-state index < -0.39 is 0 Å². The summed E-state index contributed by atoms with van der Waals surface area (Å²) in [7, 11) is 0. The molecule has 2 rings (SSSR count). The Morgan fingerprint density at radius 2 is 2.00 bits per heavy atom. The van der Waals surface area contributed by atoms with E-state index in [2.05, 4.69) is 18.2 Å². The highest BCUT2D eigenvalue weighted by molar-refractivity contribution is 5.77. The van der Waals surface area contributed by atoms with Crippen molar-refractivity contribution in [2.75, 3.05) is 0 Å². The standard InChI is InChI=1S/C10H13NO/c11-10(12)9-6-7-3-1-2-4-8(9)5-7/h1-4,7-9H,5-6H2,(H2,11,12)/t7-,8-,9-/m0/s1. The van der Waals surface area contributed by atoms with E-state index in [1.807, 2.05) is 6.08 Å². The van der Waals surface area contributed by atoms with Crippen molar-refractivity contribution in [3.05, 3.63) is 24.3 Å². The minimum absolute atomic E-state index is 0.0798. The van der Waals surface area contributed by atoms with Gasteiger partial charge in [0.05, 0.1) is 0 Å². The lowest BCUT2D eigenvalue weighted by Gasteiger charge is -2.11. The maximum atomic E-state index is 11.0. The van der Waals surface area contributed by atoms with Gasteiger partial charge in [0.25, 0.3) is 0 Å². The molecule has 3 atom stereocenters. The highest BCUT2D eigenvalue weighted by Crippen LogP contribution is 2.39. The summed E-state index contributed by atoms with van der Waals surface area (Å²) in [4.78, 5) is 11.0. The number of primary amides is 1. The van der Waals surface area contributed by atoms with Gasteiger partial charge in [-0.2, -0.15) is 0 Å². The van der Waals surface area contributed by atoms with Crippen LogP contribution in [-0.4, -0.2) is 5.91 Å². The Labute approximate surface area is 72.1 Å². The van der Waals surface area contributed by atoms with Crippen molar-refractivity contribution >= 4 is 5.91 Å². The van der Waals surface area contributed by atoms with Crippen LogP contribution in [0.1, 0.15) is 12.8 Å². The van der Waals surface area contributed by atoms with Gasteiger partial charge < -0.3 is 5.73 Å². The third-order valence-electron chi connectivity index (χ3n) is 2.87. The fraction of sp³-hybridized carbons (Fsp3) is 0.500. The lowest BCUT2D eigenvalue weighted by molar-refractivity contribution is -0.122. The van der Waals surface area contributed by atoms with Gasteiger partial charge >= 0.3 is 0 Å². The second-order valence-electron chi connectivity index (χ2n) is 3.67. The molecule has 0 saturated heterocycles. The van der Waals surface area contributed by atoms with Gasteiger partial charge in [-0.3, -0.25) is 4.79 Å². The normalized spacial score (nSPS) is 38.2. The van der Waals surface area contributed by atoms with Crippen LogP contribution < -0.4 is 5.73 Å². The molecule has 0 unspecified atom stereocenters. The minimum Gasteiger partial charge on any atom is -0.369 e. The molecular formula is C10H13NO. The first-order valence-electron chi connectivity index (χ1n) is 4.41. The van der Waals surface area contributed by atoms with Gasteiger partial charge in [-0.1, -0.05) is 24.3 Å². The number of allylic oxidation sites excluding steroid dienone is 4. The Morgan fingerprint density at radius 3 is 2.75 bits per heavy atom. The Hall–Kier alpha value is -1.05. The molecule has 2 N–H and O–H groups in total. The van der Waals surface area contributed by atoms with Crippen molar-refractivity contribution in [2.45, 2.75) is 12.8 Å². The quantitative estimate of drug-likeness (QED) is 0.621. The van der Waals surface area contributed by atoms with Crippen LogP contribution in [0.2, 0.25) is 0 Å². The maximum absolute atomic E-state index is 11.0. The van der Waals surface area contributed by atoms with Crippen molar-refractivity contribution in [1.29, 1.82) is 0 Å². The number of carbonyl (C=O) groups excluding carboxylic acids is 1. The van der Waals surface area contributed by atoms with Gasteiger partial charge in [-0.25, -0.2) is 0 Å². The fourth-order valence-corrected chi connectivity index (χ4v) is 2.24. The number of hydrogen-bond donors (Lipinski definition) is 1. The number of amides is 1. The molecule has 0 aromatic heterocycles. The molecule has 2 heteroatoms. The second-order valence-corrected chi connectivity index (χ2v) is 3.67. The van der Waals surface area contributed by atoms with E-state index in [1.165, 1.54) is 0 Å². The molecule has 64 valence electrons. The molecular weight excluding hydrogens is 150 g/mol.